The van der Waals surface area contributed by atoms with Crippen molar-refractivity contribution < 1.29 is 26.4 Å². The number of benzene rings is 2. The van der Waals surface area contributed by atoms with Crippen molar-refractivity contribution in [3.8, 4) is 5.69 Å². The van der Waals surface area contributed by atoms with Gasteiger partial charge in [-0.2, -0.15) is 13.2 Å². The molecule has 0 spiro atoms. The summed E-state index contributed by atoms with van der Waals surface area (Å²) in [6, 6.07) is 11.5. The highest BCUT2D eigenvalue weighted by atomic mass is 32.2. The predicted molar refractivity (Wildman–Crippen MR) is 96.6 cm³/mol. The Kier molecular flexibility index (Phi) is 5.03. The van der Waals surface area contributed by atoms with Crippen LogP contribution < -0.4 is 4.72 Å². The van der Waals surface area contributed by atoms with Crippen LogP contribution in [0.1, 0.15) is 21.5 Å². The van der Waals surface area contributed by atoms with Crippen molar-refractivity contribution in [1.29, 1.82) is 0 Å². The molecule has 3 aromatic rings. The van der Waals surface area contributed by atoms with Gasteiger partial charge in [-0.25, -0.2) is 13.1 Å². The minimum Gasteiger partial charge on any atom is -0.324 e. The number of aromatic nitrogens is 1. The second-order valence-corrected chi connectivity index (χ2v) is 7.73. The van der Waals surface area contributed by atoms with Crippen LogP contribution in [0.2, 0.25) is 0 Å². The van der Waals surface area contributed by atoms with Crippen LogP contribution >= 0.6 is 0 Å². The number of rotatable bonds is 4. The minimum absolute atomic E-state index is 0.0731. The molecule has 9 heteroatoms. The van der Waals surface area contributed by atoms with E-state index in [1.165, 1.54) is 12.1 Å². The third-order valence-electron chi connectivity index (χ3n) is 4.04. The highest BCUT2D eigenvalue weighted by Gasteiger charge is 2.32. The Morgan fingerprint density at radius 1 is 1.00 bits per heavy atom. The van der Waals surface area contributed by atoms with Crippen molar-refractivity contribution in [3.63, 3.8) is 0 Å². The number of carbonyl (C=O) groups excluding carboxylic acids is 1. The Hall–Kier alpha value is -3.07. The van der Waals surface area contributed by atoms with Gasteiger partial charge in [0.15, 0.2) is 0 Å². The topological polar surface area (TPSA) is 68.2 Å². The summed E-state index contributed by atoms with van der Waals surface area (Å²) < 4.78 is 66.7. The smallest absolute Gasteiger partial charge is 0.324 e. The average Bonchev–Trinajstić information content (AvgIpc) is 3.15. The highest BCUT2D eigenvalue weighted by Crippen LogP contribution is 2.30. The molecule has 0 atom stereocenters. The van der Waals surface area contributed by atoms with Crippen molar-refractivity contribution >= 4 is 15.9 Å². The summed E-state index contributed by atoms with van der Waals surface area (Å²) in [5.41, 5.74) is 0.487. The van der Waals surface area contributed by atoms with Crippen LogP contribution in [-0.4, -0.2) is 18.9 Å². The molecule has 28 heavy (non-hydrogen) atoms. The van der Waals surface area contributed by atoms with Gasteiger partial charge in [-0.05, 0) is 61.0 Å². The summed E-state index contributed by atoms with van der Waals surface area (Å²) >= 11 is 0. The molecule has 1 heterocycles. The van der Waals surface area contributed by atoms with Gasteiger partial charge >= 0.3 is 6.18 Å². The van der Waals surface area contributed by atoms with Crippen molar-refractivity contribution in [2.75, 3.05) is 0 Å². The number of alkyl halides is 3. The molecule has 1 aromatic heterocycles. The lowest BCUT2D eigenvalue weighted by atomic mass is 10.1. The molecule has 0 radical (unpaired) electrons. The van der Waals surface area contributed by atoms with Gasteiger partial charge in [0.1, 0.15) is 0 Å². The largest absolute Gasteiger partial charge is 0.416 e. The zero-order chi connectivity index (χ0) is 20.5. The molecule has 3 rings (SSSR count). The van der Waals surface area contributed by atoms with Crippen LogP contribution in [0, 0.1) is 6.92 Å². The molecule has 0 bridgehead atoms. The summed E-state index contributed by atoms with van der Waals surface area (Å²) in [5, 5.41) is 0. The normalized spacial score (nSPS) is 12.0. The lowest BCUT2D eigenvalue weighted by Crippen LogP contribution is -2.30. The van der Waals surface area contributed by atoms with Crippen LogP contribution in [0.25, 0.3) is 5.69 Å². The van der Waals surface area contributed by atoms with Crippen LogP contribution in [0.4, 0.5) is 13.2 Å². The summed E-state index contributed by atoms with van der Waals surface area (Å²) in [4.78, 5) is 11.7. The molecule has 5 nitrogen and oxygen atoms in total. The van der Waals surface area contributed by atoms with E-state index in [0.717, 1.165) is 29.4 Å². The van der Waals surface area contributed by atoms with Gasteiger partial charge in [-0.3, -0.25) is 4.79 Å². The fourth-order valence-electron chi connectivity index (χ4n) is 2.66. The quantitative estimate of drug-likeness (QED) is 0.712. The summed E-state index contributed by atoms with van der Waals surface area (Å²) in [6.07, 6.45) is -1.05. The molecule has 1 N–H and O–H groups in total. The van der Waals surface area contributed by atoms with E-state index < -0.39 is 32.6 Å². The van der Waals surface area contributed by atoms with Gasteiger partial charge < -0.3 is 4.57 Å². The number of carbonyl (C=O) groups is 1. The summed E-state index contributed by atoms with van der Waals surface area (Å²) in [6.45, 7) is 1.76. The van der Waals surface area contributed by atoms with Gasteiger partial charge in [-0.1, -0.05) is 6.07 Å². The third-order valence-corrected chi connectivity index (χ3v) is 5.37. The maximum atomic E-state index is 12.8. The third kappa shape index (κ3) is 4.09. The maximum Gasteiger partial charge on any atom is 0.416 e. The first-order valence-electron chi connectivity index (χ1n) is 8.06. The zero-order valence-electron chi connectivity index (χ0n) is 14.6. The molecule has 0 aliphatic rings. The number of nitrogens with zero attached hydrogens (tertiary/aromatic N) is 1. The Bertz CT molecular complexity index is 1120. The number of sulfonamides is 1. The zero-order valence-corrected chi connectivity index (χ0v) is 15.4. The lowest BCUT2D eigenvalue weighted by molar-refractivity contribution is -0.137. The number of nitrogens with one attached hydrogen (secondary N) is 1. The van der Waals surface area contributed by atoms with E-state index in [1.807, 2.05) is 33.8 Å². The molecule has 0 saturated heterocycles. The van der Waals surface area contributed by atoms with E-state index in [4.69, 9.17) is 0 Å². The maximum absolute atomic E-state index is 12.8. The van der Waals surface area contributed by atoms with Crippen molar-refractivity contribution in [2.24, 2.45) is 0 Å². The number of halogens is 3. The molecule has 0 saturated carbocycles. The second kappa shape index (κ2) is 7.16. The van der Waals surface area contributed by atoms with Gasteiger partial charge in [0.05, 0.1) is 10.5 Å². The van der Waals surface area contributed by atoms with E-state index in [-0.39, 0.29) is 5.56 Å². The SMILES string of the molecule is Cc1cc(C(=O)NS(=O)(=O)c2cccc(C(F)(F)F)c2)ccc1-n1cccc1. The molecule has 146 valence electrons. The van der Waals surface area contributed by atoms with Crippen LogP contribution in [-0.2, 0) is 16.2 Å². The Morgan fingerprint density at radius 2 is 1.68 bits per heavy atom. The molecule has 1 amide bonds. The molecule has 0 aliphatic heterocycles. The van der Waals surface area contributed by atoms with E-state index >= 15 is 0 Å². The Morgan fingerprint density at radius 3 is 2.29 bits per heavy atom. The van der Waals surface area contributed by atoms with Crippen molar-refractivity contribution in [3.05, 3.63) is 83.7 Å². The Balaban J connectivity index is 1.85. The van der Waals surface area contributed by atoms with Gasteiger partial charge in [0, 0.05) is 23.6 Å². The minimum atomic E-state index is -4.69. The highest BCUT2D eigenvalue weighted by molar-refractivity contribution is 7.90. The molecule has 0 aliphatic carbocycles. The first-order chi connectivity index (χ1) is 13.1. The van der Waals surface area contributed by atoms with Crippen molar-refractivity contribution in [2.45, 2.75) is 18.0 Å². The van der Waals surface area contributed by atoms with E-state index in [2.05, 4.69) is 0 Å². The second-order valence-electron chi connectivity index (χ2n) is 6.05. The summed E-state index contributed by atoms with van der Waals surface area (Å²) in [7, 11) is -4.46. The van der Waals surface area contributed by atoms with E-state index in [9.17, 15) is 26.4 Å². The lowest BCUT2D eigenvalue weighted by Gasteiger charge is -2.12. The Labute approximate surface area is 159 Å². The van der Waals surface area contributed by atoms with Gasteiger partial charge in [-0.15, -0.1) is 0 Å². The van der Waals surface area contributed by atoms with Gasteiger partial charge in [0.2, 0.25) is 0 Å². The summed E-state index contributed by atoms with van der Waals surface area (Å²) in [5.74, 6) is -0.931. The number of hydrogen-bond donors (Lipinski definition) is 1. The fourth-order valence-corrected chi connectivity index (χ4v) is 3.68. The van der Waals surface area contributed by atoms with E-state index in [1.54, 1.807) is 13.0 Å². The van der Waals surface area contributed by atoms with Crippen molar-refractivity contribution in [1.82, 2.24) is 9.29 Å². The fraction of sp³-hybridized carbons (Fsp3) is 0.105. The molecule has 0 fully saturated rings. The average molecular weight is 408 g/mol. The molecule has 2 aromatic carbocycles. The molecular formula is C19H15F3N2O3S. The standard InChI is InChI=1S/C19H15F3N2O3S/c1-13-11-14(7-8-17(13)24-9-2-3-10-24)18(25)23-28(26,27)16-6-4-5-15(12-16)19(20,21)22/h2-12H,1H3,(H,23,25). The molecule has 0 unspecified atom stereocenters. The first kappa shape index (κ1) is 19.7. The monoisotopic (exact) mass is 408 g/mol. The predicted octanol–water partition coefficient (Wildman–Crippen LogP) is 3.92. The number of amides is 1. The molecular weight excluding hydrogens is 393 g/mol. The number of aryl methyl sites for hydroxylation is 1. The van der Waals surface area contributed by atoms with Crippen LogP contribution in [0.3, 0.4) is 0 Å². The first-order valence-corrected chi connectivity index (χ1v) is 9.55. The van der Waals surface area contributed by atoms with E-state index in [0.29, 0.717) is 6.07 Å². The van der Waals surface area contributed by atoms with Gasteiger partial charge in [0.25, 0.3) is 15.9 Å². The van der Waals surface area contributed by atoms with Crippen LogP contribution in [0.5, 0.6) is 0 Å². The van der Waals surface area contributed by atoms with Crippen LogP contribution in [0.15, 0.2) is 71.9 Å². The number of hydrogen-bond acceptors (Lipinski definition) is 3.